The topological polar surface area (TPSA) is 101 Å². The molecule has 1 heterocycles. The molecule has 1 aliphatic carbocycles. The van der Waals surface area contributed by atoms with Gasteiger partial charge in [0, 0.05) is 36.9 Å². The number of carbonyl (C=O) groups is 4. The molecule has 0 aliphatic heterocycles. The Morgan fingerprint density at radius 3 is 2.58 bits per heavy atom. The number of hydrogen-bond donors (Lipinski definition) is 1. The van der Waals surface area contributed by atoms with Crippen molar-refractivity contribution in [3.63, 3.8) is 0 Å². The smallest absolute Gasteiger partial charge is 0.245 e. The van der Waals surface area contributed by atoms with Gasteiger partial charge in [-0.25, -0.2) is 4.39 Å². The Bertz CT molecular complexity index is 1370. The van der Waals surface area contributed by atoms with Crippen LogP contribution in [-0.4, -0.2) is 50.6 Å². The summed E-state index contributed by atoms with van der Waals surface area (Å²) in [6, 6.07) is 9.77. The molecule has 3 aromatic rings. The lowest BCUT2D eigenvalue weighted by atomic mass is 10.1. The van der Waals surface area contributed by atoms with Crippen molar-refractivity contribution in [1.29, 1.82) is 0 Å². The van der Waals surface area contributed by atoms with E-state index < -0.39 is 11.7 Å². The summed E-state index contributed by atoms with van der Waals surface area (Å²) in [5, 5.41) is 7.56. The van der Waals surface area contributed by atoms with Crippen LogP contribution in [0.5, 0.6) is 0 Å². The molecular weight excluding hydrogens is 487 g/mol. The third-order valence-corrected chi connectivity index (χ3v) is 6.31. The van der Waals surface area contributed by atoms with Gasteiger partial charge >= 0.3 is 0 Å². The number of carbonyl (C=O) groups excluding carboxylic acids is 4. The molecule has 1 aliphatic rings. The van der Waals surface area contributed by atoms with E-state index >= 15 is 0 Å². The average Bonchev–Trinajstić information content (AvgIpc) is 3.60. The van der Waals surface area contributed by atoms with Crippen LogP contribution >= 0.6 is 11.6 Å². The summed E-state index contributed by atoms with van der Waals surface area (Å²) in [5.41, 5.74) is 1.83. The number of hydrogen-bond acceptors (Lipinski definition) is 5. The van der Waals surface area contributed by atoms with E-state index in [-0.39, 0.29) is 65.9 Å². The van der Waals surface area contributed by atoms with Crippen molar-refractivity contribution in [2.24, 2.45) is 0 Å². The first-order chi connectivity index (χ1) is 17.1. The number of Topliss-reactive ketones (excluding diaryl/α,β-unsaturated/α-hetero) is 2. The lowest BCUT2D eigenvalue weighted by Crippen LogP contribution is -2.43. The molecule has 1 saturated carbocycles. The number of nitrogens with one attached hydrogen (secondary N) is 1. The molecule has 0 atom stereocenters. The molecule has 1 N–H and O–H groups in total. The second kappa shape index (κ2) is 10.6. The largest absolute Gasteiger partial charge is 0.350 e. The number of benzene rings is 2. The van der Waals surface area contributed by atoms with Gasteiger partial charge in [-0.1, -0.05) is 29.8 Å². The SMILES string of the molecule is CC(=O)Cc1ccc2c(c1)c(C(C)=O)nn2CC(=O)N(CC(=O)NCc1cccc(Cl)c1F)C1CC1. The van der Waals surface area contributed by atoms with Crippen LogP contribution in [0.15, 0.2) is 36.4 Å². The van der Waals surface area contributed by atoms with E-state index in [4.69, 9.17) is 11.6 Å². The number of amides is 2. The van der Waals surface area contributed by atoms with Crippen LogP contribution in [-0.2, 0) is 33.9 Å². The molecular formula is C26H26ClFN4O4. The molecule has 4 rings (SSSR count). The minimum atomic E-state index is -0.590. The maximum atomic E-state index is 14.1. The maximum absolute atomic E-state index is 14.1. The lowest BCUT2D eigenvalue weighted by molar-refractivity contribution is -0.137. The third-order valence-electron chi connectivity index (χ3n) is 6.02. The molecule has 1 aromatic heterocycles. The first-order valence-electron chi connectivity index (χ1n) is 11.6. The van der Waals surface area contributed by atoms with Gasteiger partial charge in [0.05, 0.1) is 17.1 Å². The summed E-state index contributed by atoms with van der Waals surface area (Å²) in [4.78, 5) is 51.0. The Morgan fingerprint density at radius 1 is 1.17 bits per heavy atom. The summed E-state index contributed by atoms with van der Waals surface area (Å²) in [6.45, 7) is 2.52. The van der Waals surface area contributed by atoms with E-state index in [1.54, 1.807) is 24.3 Å². The monoisotopic (exact) mass is 512 g/mol. The van der Waals surface area contributed by atoms with Crippen molar-refractivity contribution >= 4 is 45.9 Å². The van der Waals surface area contributed by atoms with Gasteiger partial charge in [0.25, 0.3) is 0 Å². The molecule has 1 fully saturated rings. The first kappa shape index (κ1) is 25.5. The van der Waals surface area contributed by atoms with E-state index in [9.17, 15) is 23.6 Å². The predicted molar refractivity (Wildman–Crippen MR) is 132 cm³/mol. The first-order valence-corrected chi connectivity index (χ1v) is 12.0. The van der Waals surface area contributed by atoms with Crippen molar-refractivity contribution in [2.75, 3.05) is 6.54 Å². The molecule has 10 heteroatoms. The maximum Gasteiger partial charge on any atom is 0.245 e. The van der Waals surface area contributed by atoms with Crippen LogP contribution in [0, 0.1) is 5.82 Å². The van der Waals surface area contributed by atoms with E-state index in [0.717, 1.165) is 18.4 Å². The van der Waals surface area contributed by atoms with E-state index in [0.29, 0.717) is 10.9 Å². The van der Waals surface area contributed by atoms with Gasteiger partial charge in [0.2, 0.25) is 11.8 Å². The highest BCUT2D eigenvalue weighted by Gasteiger charge is 2.34. The molecule has 36 heavy (non-hydrogen) atoms. The summed E-state index contributed by atoms with van der Waals surface area (Å²) in [5.74, 6) is -1.57. The molecule has 0 radical (unpaired) electrons. The van der Waals surface area contributed by atoms with Crippen LogP contribution in [0.25, 0.3) is 10.9 Å². The Morgan fingerprint density at radius 2 is 1.92 bits per heavy atom. The Labute approximate surface area is 212 Å². The van der Waals surface area contributed by atoms with Gasteiger partial charge in [-0.15, -0.1) is 0 Å². The summed E-state index contributed by atoms with van der Waals surface area (Å²) in [6.07, 6.45) is 1.81. The van der Waals surface area contributed by atoms with Crippen LogP contribution in [0.1, 0.15) is 48.3 Å². The van der Waals surface area contributed by atoms with Crippen molar-refractivity contribution in [3.8, 4) is 0 Å². The lowest BCUT2D eigenvalue weighted by Gasteiger charge is -2.22. The Balaban J connectivity index is 1.49. The van der Waals surface area contributed by atoms with Crippen molar-refractivity contribution in [3.05, 3.63) is 64.1 Å². The van der Waals surface area contributed by atoms with Gasteiger partial charge in [-0.3, -0.25) is 23.9 Å². The Kier molecular flexibility index (Phi) is 7.49. The van der Waals surface area contributed by atoms with Crippen LogP contribution < -0.4 is 5.32 Å². The standard InChI is InChI=1S/C26H26ClFN4O4/c1-15(33)10-17-6-9-22-20(11-17)26(16(2)34)30-32(22)14-24(36)31(19-7-8-19)13-23(35)29-12-18-4-3-5-21(27)25(18)28/h3-6,9,11,19H,7-8,10,12-14H2,1-2H3,(H,29,35). The zero-order chi connectivity index (χ0) is 26.0. The minimum absolute atomic E-state index is 0.00209. The highest BCUT2D eigenvalue weighted by molar-refractivity contribution is 6.30. The van der Waals surface area contributed by atoms with Gasteiger partial charge in [0.1, 0.15) is 23.8 Å². The molecule has 0 saturated heterocycles. The summed E-state index contributed by atoms with van der Waals surface area (Å²) in [7, 11) is 0. The summed E-state index contributed by atoms with van der Waals surface area (Å²) >= 11 is 5.79. The molecule has 0 spiro atoms. The van der Waals surface area contributed by atoms with Crippen LogP contribution in [0.3, 0.4) is 0 Å². The molecule has 188 valence electrons. The fourth-order valence-electron chi connectivity index (χ4n) is 4.12. The minimum Gasteiger partial charge on any atom is -0.350 e. The number of aromatic nitrogens is 2. The molecule has 0 bridgehead atoms. The van der Waals surface area contributed by atoms with Crippen molar-refractivity contribution in [2.45, 2.75) is 52.2 Å². The molecule has 8 nitrogen and oxygen atoms in total. The molecule has 2 aromatic carbocycles. The number of fused-ring (bicyclic) bond motifs is 1. The average molecular weight is 513 g/mol. The number of halogens is 2. The zero-order valence-corrected chi connectivity index (χ0v) is 20.8. The fourth-order valence-corrected chi connectivity index (χ4v) is 4.31. The predicted octanol–water partition coefficient (Wildman–Crippen LogP) is 3.47. The van der Waals surface area contributed by atoms with E-state index in [1.165, 1.54) is 35.6 Å². The number of nitrogens with zero attached hydrogens (tertiary/aromatic N) is 3. The highest BCUT2D eigenvalue weighted by atomic mass is 35.5. The van der Waals surface area contributed by atoms with Crippen molar-refractivity contribution in [1.82, 2.24) is 20.0 Å². The van der Waals surface area contributed by atoms with Crippen LogP contribution in [0.4, 0.5) is 4.39 Å². The van der Waals surface area contributed by atoms with E-state index in [1.807, 2.05) is 0 Å². The molecule has 0 unspecified atom stereocenters. The van der Waals surface area contributed by atoms with Crippen LogP contribution in [0.2, 0.25) is 5.02 Å². The second-order valence-electron chi connectivity index (χ2n) is 9.04. The highest BCUT2D eigenvalue weighted by Crippen LogP contribution is 2.28. The van der Waals surface area contributed by atoms with Gasteiger partial charge in [0.15, 0.2) is 5.78 Å². The Hall–Kier alpha value is -3.59. The number of ketones is 2. The third kappa shape index (κ3) is 5.79. The summed E-state index contributed by atoms with van der Waals surface area (Å²) < 4.78 is 15.6. The van der Waals surface area contributed by atoms with E-state index in [2.05, 4.69) is 10.4 Å². The van der Waals surface area contributed by atoms with Crippen molar-refractivity contribution < 1.29 is 23.6 Å². The van der Waals surface area contributed by atoms with Gasteiger partial charge in [-0.2, -0.15) is 5.10 Å². The number of rotatable bonds is 10. The normalized spacial score (nSPS) is 13.0. The van der Waals surface area contributed by atoms with Gasteiger partial charge < -0.3 is 10.2 Å². The fraction of sp³-hybridized carbons (Fsp3) is 0.346. The molecule has 2 amide bonds. The second-order valence-corrected chi connectivity index (χ2v) is 9.44. The quantitative estimate of drug-likeness (QED) is 0.419. The zero-order valence-electron chi connectivity index (χ0n) is 20.0. The van der Waals surface area contributed by atoms with Gasteiger partial charge in [-0.05, 0) is 43.5 Å².